The van der Waals surface area contributed by atoms with Gasteiger partial charge in [-0.1, -0.05) is 208 Å². The fourth-order valence-electron chi connectivity index (χ4n) is 15.0. The Kier molecular flexibility index (Phi) is 11.3. The smallest absolute Gasteiger partial charge is 0.0547 e. The summed E-state index contributed by atoms with van der Waals surface area (Å²) < 4.78 is 7.19. The number of hydrogen-bond donors (Lipinski definition) is 0. The fourth-order valence-corrected chi connectivity index (χ4v) is 15.0. The van der Waals surface area contributed by atoms with Crippen molar-refractivity contribution in [3.63, 3.8) is 0 Å². The third-order valence-corrected chi connectivity index (χ3v) is 19.2. The van der Waals surface area contributed by atoms with Crippen LogP contribution in [0.2, 0.25) is 0 Å². The number of aromatic nitrogens is 3. The van der Waals surface area contributed by atoms with E-state index in [2.05, 4.69) is 348 Å². The van der Waals surface area contributed by atoms with E-state index in [9.17, 15) is 0 Å². The molecule has 0 atom stereocenters. The molecule has 0 bridgehead atoms. The molecule has 4 nitrogen and oxygen atoms in total. The van der Waals surface area contributed by atoms with Crippen LogP contribution in [-0.2, 0) is 5.41 Å². The van der Waals surface area contributed by atoms with Crippen molar-refractivity contribution in [2.75, 3.05) is 4.90 Å². The van der Waals surface area contributed by atoms with Gasteiger partial charge in [-0.3, -0.25) is 0 Å². The minimum absolute atomic E-state index is 0.300. The average Bonchev–Trinajstić information content (AvgIpc) is 1.73. The molecule has 0 saturated carbocycles. The molecule has 1 aliphatic rings. The maximum atomic E-state index is 2.50. The minimum atomic E-state index is -0.300. The van der Waals surface area contributed by atoms with Crippen molar-refractivity contribution in [2.24, 2.45) is 0 Å². The summed E-state index contributed by atoms with van der Waals surface area (Å²) >= 11 is 0. The zero-order valence-electron chi connectivity index (χ0n) is 49.3. The van der Waals surface area contributed by atoms with Gasteiger partial charge in [-0.2, -0.15) is 0 Å². The van der Waals surface area contributed by atoms with E-state index in [1.165, 1.54) is 132 Å². The van der Waals surface area contributed by atoms with Gasteiger partial charge in [0.15, 0.2) is 0 Å². The second-order valence-corrected chi connectivity index (χ2v) is 24.4. The van der Waals surface area contributed by atoms with E-state index in [1.54, 1.807) is 0 Å². The molecular weight excluding hydrogens is 1080 g/mol. The average molecular weight is 1140 g/mol. The van der Waals surface area contributed by atoms with Crippen LogP contribution in [0.3, 0.4) is 0 Å². The Bertz CT molecular complexity index is 5690. The van der Waals surface area contributed by atoms with Crippen molar-refractivity contribution in [3.05, 3.63) is 327 Å². The van der Waals surface area contributed by atoms with Gasteiger partial charge in [-0.05, 0) is 182 Å². The van der Waals surface area contributed by atoms with Crippen molar-refractivity contribution < 1.29 is 0 Å². The summed E-state index contributed by atoms with van der Waals surface area (Å²) in [4.78, 5) is 2.50. The molecular formula is C85H58N4. The van der Waals surface area contributed by atoms with E-state index in [-0.39, 0.29) is 5.41 Å². The first kappa shape index (κ1) is 50.8. The molecule has 18 rings (SSSR count). The summed E-state index contributed by atoms with van der Waals surface area (Å²) in [5, 5.41) is 9.85. The van der Waals surface area contributed by atoms with Crippen molar-refractivity contribution in [1.29, 1.82) is 0 Å². The lowest BCUT2D eigenvalue weighted by Gasteiger charge is -2.29. The second-order valence-electron chi connectivity index (χ2n) is 24.4. The van der Waals surface area contributed by atoms with Gasteiger partial charge < -0.3 is 18.6 Å². The van der Waals surface area contributed by atoms with Crippen molar-refractivity contribution in [2.45, 2.75) is 19.3 Å². The molecule has 418 valence electrons. The summed E-state index contributed by atoms with van der Waals surface area (Å²) in [6, 6.07) is 117. The van der Waals surface area contributed by atoms with Crippen LogP contribution < -0.4 is 4.90 Å². The topological polar surface area (TPSA) is 18.0 Å². The monoisotopic (exact) mass is 1130 g/mol. The van der Waals surface area contributed by atoms with Crippen molar-refractivity contribution in [3.8, 4) is 61.6 Å². The van der Waals surface area contributed by atoms with Crippen LogP contribution in [0.25, 0.3) is 138 Å². The summed E-state index contributed by atoms with van der Waals surface area (Å²) in [5.74, 6) is 0. The zero-order valence-corrected chi connectivity index (χ0v) is 49.3. The maximum absolute atomic E-state index is 2.50. The molecule has 0 fully saturated rings. The molecule has 0 unspecified atom stereocenters. The highest BCUT2D eigenvalue weighted by Gasteiger charge is 2.37. The molecule has 0 saturated heterocycles. The summed E-state index contributed by atoms with van der Waals surface area (Å²) in [7, 11) is 0. The highest BCUT2D eigenvalue weighted by molar-refractivity contribution is 6.14. The highest BCUT2D eigenvalue weighted by Crippen LogP contribution is 2.53. The molecule has 14 aromatic carbocycles. The number of hydrogen-bond acceptors (Lipinski definition) is 1. The normalized spacial score (nSPS) is 12.7. The Balaban J connectivity index is 0.769. The summed E-state index contributed by atoms with van der Waals surface area (Å²) in [5.41, 5.74) is 26.1. The quantitative estimate of drug-likeness (QED) is 0.141. The van der Waals surface area contributed by atoms with E-state index < -0.39 is 0 Å². The summed E-state index contributed by atoms with van der Waals surface area (Å²) in [6.07, 6.45) is 0. The van der Waals surface area contributed by atoms with Crippen LogP contribution in [0.1, 0.15) is 25.0 Å². The molecule has 0 radical (unpaired) electrons. The molecule has 0 N–H and O–H groups in total. The Morgan fingerprint density at radius 1 is 0.236 bits per heavy atom. The Morgan fingerprint density at radius 3 is 1.21 bits per heavy atom. The molecule has 0 aliphatic heterocycles. The predicted octanol–water partition coefficient (Wildman–Crippen LogP) is 22.9. The molecule has 3 aromatic heterocycles. The Morgan fingerprint density at radius 2 is 0.618 bits per heavy atom. The lowest BCUT2D eigenvalue weighted by Crippen LogP contribution is -2.17. The SMILES string of the molecule is CC1(C)c2cc(-c3ccc4c5ccccc5n(-c5ccccc5)c4c3)ccc2-c2ccc(N(c3ccc(-c4ccc5c(c4)c4ccccc4n5-c4ccccc4)cc3)c3ccc(-c4ccc5c(c4)c4ccccc4n5-c4ccccc4)c4ccccc34)cc21. The highest BCUT2D eigenvalue weighted by atomic mass is 15.1. The van der Waals surface area contributed by atoms with Crippen LogP contribution in [-0.4, -0.2) is 13.7 Å². The van der Waals surface area contributed by atoms with Crippen LogP contribution in [0.4, 0.5) is 17.1 Å². The lowest BCUT2D eigenvalue weighted by atomic mass is 9.81. The van der Waals surface area contributed by atoms with E-state index >= 15 is 0 Å². The first-order chi connectivity index (χ1) is 43.9. The molecule has 89 heavy (non-hydrogen) atoms. The van der Waals surface area contributed by atoms with E-state index in [0.29, 0.717) is 0 Å². The fraction of sp³-hybridized carbons (Fsp3) is 0.0353. The minimum Gasteiger partial charge on any atom is -0.310 e. The first-order valence-electron chi connectivity index (χ1n) is 30.9. The standard InChI is InChI=1S/C85H58N4/c1-85(2)76-52-57(58-37-44-73-70-28-14-17-31-78(70)89(84(73)53-58)62-24-10-5-11-25-62)36-43-67(76)68-45-42-64(54-77(68)85)86(63-40-34-55(35-41-63)56-38-47-82-74(50-56)71-29-15-18-32-79(71)87(82)60-20-6-3-7-21-60)81-49-46-65(66-26-12-13-27-69(66)81)59-39-48-83-75(51-59)72-30-16-19-33-80(72)88(83)61-22-8-4-9-23-61/h3-54H,1-2H3. The molecule has 4 heteroatoms. The zero-order chi connectivity index (χ0) is 58.9. The van der Waals surface area contributed by atoms with Crippen molar-refractivity contribution >= 4 is 93.3 Å². The Hall–Kier alpha value is -11.5. The van der Waals surface area contributed by atoms with Gasteiger partial charge in [0.2, 0.25) is 0 Å². The van der Waals surface area contributed by atoms with Gasteiger partial charge >= 0.3 is 0 Å². The molecule has 0 spiro atoms. The van der Waals surface area contributed by atoms with Crippen LogP contribution in [0, 0.1) is 0 Å². The third-order valence-electron chi connectivity index (χ3n) is 19.2. The molecule has 3 heterocycles. The number of para-hydroxylation sites is 6. The third kappa shape index (κ3) is 7.86. The Labute approximate surface area is 516 Å². The van der Waals surface area contributed by atoms with Gasteiger partial charge in [-0.15, -0.1) is 0 Å². The molecule has 0 amide bonds. The van der Waals surface area contributed by atoms with Gasteiger partial charge in [0.05, 0.1) is 38.8 Å². The number of benzene rings is 14. The van der Waals surface area contributed by atoms with Crippen LogP contribution in [0.5, 0.6) is 0 Å². The van der Waals surface area contributed by atoms with Crippen LogP contribution in [0.15, 0.2) is 315 Å². The van der Waals surface area contributed by atoms with Gasteiger partial charge in [0, 0.05) is 71.6 Å². The molecule has 1 aliphatic carbocycles. The first-order valence-corrected chi connectivity index (χ1v) is 30.9. The number of nitrogens with zero attached hydrogens (tertiary/aromatic N) is 4. The summed E-state index contributed by atoms with van der Waals surface area (Å²) in [6.45, 7) is 4.82. The van der Waals surface area contributed by atoms with E-state index in [1.807, 2.05) is 0 Å². The van der Waals surface area contributed by atoms with Gasteiger partial charge in [-0.25, -0.2) is 0 Å². The second kappa shape index (κ2) is 19.8. The number of rotatable bonds is 9. The maximum Gasteiger partial charge on any atom is 0.0547 e. The number of anilines is 3. The predicted molar refractivity (Wildman–Crippen MR) is 376 cm³/mol. The van der Waals surface area contributed by atoms with Gasteiger partial charge in [0.25, 0.3) is 0 Å². The largest absolute Gasteiger partial charge is 0.310 e. The molecule has 17 aromatic rings. The van der Waals surface area contributed by atoms with E-state index in [0.717, 1.165) is 34.1 Å². The van der Waals surface area contributed by atoms with Crippen LogP contribution >= 0.6 is 0 Å². The van der Waals surface area contributed by atoms with Gasteiger partial charge in [0.1, 0.15) is 0 Å². The lowest BCUT2D eigenvalue weighted by molar-refractivity contribution is 0.660. The van der Waals surface area contributed by atoms with E-state index in [4.69, 9.17) is 0 Å². The number of fused-ring (bicyclic) bond motifs is 13. The van der Waals surface area contributed by atoms with Crippen molar-refractivity contribution in [1.82, 2.24) is 13.7 Å².